The molecule has 0 fully saturated rings. The molecular weight excluding hydrogens is 336 g/mol. The summed E-state index contributed by atoms with van der Waals surface area (Å²) in [6, 6.07) is 13.8. The fourth-order valence-electron chi connectivity index (χ4n) is 1.78. The quantitative estimate of drug-likeness (QED) is 0.709. The summed E-state index contributed by atoms with van der Waals surface area (Å²) in [7, 11) is 3.10. The molecule has 0 aliphatic rings. The molecule has 0 heterocycles. The van der Waals surface area contributed by atoms with Crippen LogP contribution in [0.15, 0.2) is 58.8 Å². The highest BCUT2D eigenvalue weighted by atomic mass is 16.5. The number of benzene rings is 2. The maximum Gasteiger partial charge on any atom is 0.257 e. The van der Waals surface area contributed by atoms with Crippen LogP contribution in [-0.2, 0) is 9.59 Å². The van der Waals surface area contributed by atoms with Gasteiger partial charge in [0.25, 0.3) is 11.8 Å². The topological polar surface area (TPSA) is 101 Å². The van der Waals surface area contributed by atoms with Gasteiger partial charge in [-0.25, -0.2) is 0 Å². The van der Waals surface area contributed by atoms with Crippen molar-refractivity contribution in [2.24, 2.45) is 10.2 Å². The van der Waals surface area contributed by atoms with Gasteiger partial charge in [0.1, 0.15) is 11.5 Å². The van der Waals surface area contributed by atoms with Gasteiger partial charge < -0.3 is 20.1 Å². The lowest BCUT2D eigenvalue weighted by atomic mass is 10.3. The third kappa shape index (κ3) is 6.23. The number of likely N-dealkylation sites (N-methyl/N-ethyl adjacent to an activating group) is 2. The molecule has 0 saturated heterocycles. The van der Waals surface area contributed by atoms with Crippen molar-refractivity contribution in [2.45, 2.75) is 0 Å². The molecule has 0 aromatic heterocycles. The fraction of sp³-hybridized carbons (Fsp3) is 0.222. The van der Waals surface area contributed by atoms with Crippen molar-refractivity contribution in [3.05, 3.63) is 48.5 Å². The van der Waals surface area contributed by atoms with E-state index in [-0.39, 0.29) is 25.0 Å². The maximum atomic E-state index is 11.1. The molecular formula is C18H20N4O4. The highest BCUT2D eigenvalue weighted by Crippen LogP contribution is 2.23. The largest absolute Gasteiger partial charge is 0.484 e. The van der Waals surface area contributed by atoms with E-state index in [1.54, 1.807) is 62.6 Å². The average molecular weight is 356 g/mol. The van der Waals surface area contributed by atoms with Gasteiger partial charge in [-0.05, 0) is 48.5 Å². The highest BCUT2D eigenvalue weighted by Gasteiger charge is 2.01. The first-order valence-corrected chi connectivity index (χ1v) is 7.89. The van der Waals surface area contributed by atoms with Crippen molar-refractivity contribution in [1.82, 2.24) is 10.6 Å². The molecule has 136 valence electrons. The second kappa shape index (κ2) is 9.77. The first kappa shape index (κ1) is 18.9. The van der Waals surface area contributed by atoms with Gasteiger partial charge in [0.05, 0.1) is 11.4 Å². The van der Waals surface area contributed by atoms with Gasteiger partial charge in [-0.1, -0.05) is 0 Å². The van der Waals surface area contributed by atoms with Crippen LogP contribution in [0.1, 0.15) is 0 Å². The van der Waals surface area contributed by atoms with E-state index in [0.29, 0.717) is 22.9 Å². The van der Waals surface area contributed by atoms with E-state index in [2.05, 4.69) is 20.9 Å². The monoisotopic (exact) mass is 356 g/mol. The van der Waals surface area contributed by atoms with Crippen LogP contribution in [0.3, 0.4) is 0 Å². The normalized spacial score (nSPS) is 10.4. The highest BCUT2D eigenvalue weighted by molar-refractivity contribution is 5.77. The van der Waals surface area contributed by atoms with Crippen LogP contribution in [0, 0.1) is 0 Å². The molecule has 2 aromatic carbocycles. The lowest BCUT2D eigenvalue weighted by Crippen LogP contribution is -2.24. The zero-order valence-corrected chi connectivity index (χ0v) is 14.6. The van der Waals surface area contributed by atoms with Crippen LogP contribution in [0.2, 0.25) is 0 Å². The van der Waals surface area contributed by atoms with E-state index in [1.165, 1.54) is 0 Å². The standard InChI is InChI=1S/C18H20N4O4/c1-19-17(23)11-25-15-7-3-13(4-8-15)21-22-14-5-9-16(10-6-14)26-12-18(24)20-2/h3-10H,11-12H2,1-2H3,(H,19,23)(H,20,24). The zero-order chi connectivity index (χ0) is 18.8. The van der Waals surface area contributed by atoms with E-state index < -0.39 is 0 Å². The molecule has 2 rings (SSSR count). The number of azo groups is 1. The SMILES string of the molecule is CNC(=O)COc1ccc(N=Nc2ccc(OCC(=O)NC)cc2)cc1. The third-order valence-electron chi connectivity index (χ3n) is 3.25. The summed E-state index contributed by atoms with van der Waals surface area (Å²) in [5, 5.41) is 13.2. The molecule has 8 nitrogen and oxygen atoms in total. The molecule has 0 spiro atoms. The minimum absolute atomic E-state index is 0.0360. The summed E-state index contributed by atoms with van der Waals surface area (Å²) >= 11 is 0. The van der Waals surface area contributed by atoms with Crippen LogP contribution in [-0.4, -0.2) is 39.1 Å². The Bertz CT molecular complexity index is 692. The number of amides is 2. The molecule has 0 unspecified atom stereocenters. The summed E-state index contributed by atoms with van der Waals surface area (Å²) in [5.74, 6) is 0.753. The van der Waals surface area contributed by atoms with Gasteiger partial charge in [-0.3, -0.25) is 9.59 Å². The van der Waals surface area contributed by atoms with E-state index in [0.717, 1.165) is 0 Å². The lowest BCUT2D eigenvalue weighted by Gasteiger charge is -2.05. The number of hydrogen-bond acceptors (Lipinski definition) is 6. The second-order valence-corrected chi connectivity index (χ2v) is 5.11. The van der Waals surface area contributed by atoms with Crippen molar-refractivity contribution >= 4 is 23.2 Å². The van der Waals surface area contributed by atoms with Crippen LogP contribution in [0.25, 0.3) is 0 Å². The van der Waals surface area contributed by atoms with Gasteiger partial charge in [0, 0.05) is 14.1 Å². The van der Waals surface area contributed by atoms with E-state index >= 15 is 0 Å². The smallest absolute Gasteiger partial charge is 0.257 e. The Balaban J connectivity index is 1.88. The zero-order valence-electron chi connectivity index (χ0n) is 14.6. The van der Waals surface area contributed by atoms with E-state index in [9.17, 15) is 9.59 Å². The predicted molar refractivity (Wildman–Crippen MR) is 96.2 cm³/mol. The van der Waals surface area contributed by atoms with Gasteiger partial charge in [-0.15, -0.1) is 0 Å². The number of hydrogen-bond donors (Lipinski definition) is 2. The number of carbonyl (C=O) groups is 2. The van der Waals surface area contributed by atoms with Crippen molar-refractivity contribution in [3.8, 4) is 11.5 Å². The Kier molecular flexibility index (Phi) is 7.11. The number of nitrogens with zero attached hydrogens (tertiary/aromatic N) is 2. The first-order chi connectivity index (χ1) is 12.6. The molecule has 2 amide bonds. The first-order valence-electron chi connectivity index (χ1n) is 7.89. The van der Waals surface area contributed by atoms with Crippen molar-refractivity contribution in [2.75, 3.05) is 27.3 Å². The van der Waals surface area contributed by atoms with Crippen LogP contribution >= 0.6 is 0 Å². The van der Waals surface area contributed by atoms with E-state index in [1.807, 2.05) is 0 Å². The number of ether oxygens (including phenoxy) is 2. The third-order valence-corrected chi connectivity index (χ3v) is 3.25. The van der Waals surface area contributed by atoms with Gasteiger partial charge in [-0.2, -0.15) is 10.2 Å². The predicted octanol–water partition coefficient (Wildman–Crippen LogP) is 2.35. The Morgan fingerprint density at radius 2 is 1.08 bits per heavy atom. The molecule has 8 heteroatoms. The Morgan fingerprint density at radius 3 is 1.38 bits per heavy atom. The molecule has 0 aliphatic heterocycles. The van der Waals surface area contributed by atoms with E-state index in [4.69, 9.17) is 9.47 Å². The maximum absolute atomic E-state index is 11.1. The van der Waals surface area contributed by atoms with Gasteiger partial charge >= 0.3 is 0 Å². The Labute approximate surface area is 151 Å². The van der Waals surface area contributed by atoms with Crippen LogP contribution in [0.4, 0.5) is 11.4 Å². The fourth-order valence-corrected chi connectivity index (χ4v) is 1.78. The molecule has 2 N–H and O–H groups in total. The molecule has 2 aromatic rings. The second-order valence-electron chi connectivity index (χ2n) is 5.11. The summed E-state index contributed by atoms with van der Waals surface area (Å²) in [6.45, 7) is -0.0720. The average Bonchev–Trinajstić information content (AvgIpc) is 2.70. The minimum atomic E-state index is -0.198. The molecule has 0 saturated carbocycles. The number of nitrogens with one attached hydrogen (secondary N) is 2. The summed E-state index contributed by atoms with van der Waals surface area (Å²) in [4.78, 5) is 22.3. The minimum Gasteiger partial charge on any atom is -0.484 e. The summed E-state index contributed by atoms with van der Waals surface area (Å²) in [5.41, 5.74) is 1.30. The number of rotatable bonds is 8. The molecule has 26 heavy (non-hydrogen) atoms. The Morgan fingerprint density at radius 1 is 0.731 bits per heavy atom. The van der Waals surface area contributed by atoms with Crippen molar-refractivity contribution in [1.29, 1.82) is 0 Å². The molecule has 0 atom stereocenters. The van der Waals surface area contributed by atoms with Crippen LogP contribution in [0.5, 0.6) is 11.5 Å². The van der Waals surface area contributed by atoms with Gasteiger partial charge in [0.2, 0.25) is 0 Å². The summed E-state index contributed by atoms with van der Waals surface area (Å²) < 4.78 is 10.6. The van der Waals surface area contributed by atoms with Crippen molar-refractivity contribution in [3.63, 3.8) is 0 Å². The van der Waals surface area contributed by atoms with Crippen LogP contribution < -0.4 is 20.1 Å². The Hall–Kier alpha value is -3.42. The lowest BCUT2D eigenvalue weighted by molar-refractivity contribution is -0.123. The summed E-state index contributed by atoms with van der Waals surface area (Å²) in [6.07, 6.45) is 0. The molecule has 0 radical (unpaired) electrons. The van der Waals surface area contributed by atoms with Gasteiger partial charge in [0.15, 0.2) is 13.2 Å². The number of carbonyl (C=O) groups excluding carboxylic acids is 2. The molecule has 0 aliphatic carbocycles. The van der Waals surface area contributed by atoms with Crippen molar-refractivity contribution < 1.29 is 19.1 Å². The molecule has 0 bridgehead atoms.